The van der Waals surface area contributed by atoms with E-state index in [0.717, 1.165) is 12.3 Å². The molecule has 1 unspecified atom stereocenters. The first kappa shape index (κ1) is 6.15. The highest BCUT2D eigenvalue weighted by atomic mass is 35.5. The molecule has 0 bridgehead atoms. The molecule has 0 heterocycles. The Morgan fingerprint density at radius 1 is 1.38 bits per heavy atom. The Bertz CT molecular complexity index is 84.6. The van der Waals surface area contributed by atoms with Gasteiger partial charge in [-0.25, -0.2) is 0 Å². The van der Waals surface area contributed by atoms with Crippen LogP contribution in [0.3, 0.4) is 0 Å². The topological polar surface area (TPSA) is 0 Å². The summed E-state index contributed by atoms with van der Waals surface area (Å²) in [6.45, 7) is 2.22. The van der Waals surface area contributed by atoms with Crippen molar-refractivity contribution in [3.63, 3.8) is 0 Å². The van der Waals surface area contributed by atoms with E-state index in [0.29, 0.717) is 5.38 Å². The maximum absolute atomic E-state index is 5.80. The van der Waals surface area contributed by atoms with E-state index >= 15 is 0 Å². The number of allylic oxidation sites excluding steroid dienone is 2. The summed E-state index contributed by atoms with van der Waals surface area (Å²) in [5.74, 6) is 0.755. The lowest BCUT2D eigenvalue weighted by atomic mass is 9.98. The number of hydrogen-bond donors (Lipinski definition) is 0. The highest BCUT2D eigenvalue weighted by molar-refractivity contribution is 6.21. The fraction of sp³-hybridized carbons (Fsp3) is 0.714. The van der Waals surface area contributed by atoms with Gasteiger partial charge in [-0.05, 0) is 18.8 Å². The summed E-state index contributed by atoms with van der Waals surface area (Å²) in [7, 11) is 0. The van der Waals surface area contributed by atoms with Crippen molar-refractivity contribution in [2.24, 2.45) is 5.92 Å². The van der Waals surface area contributed by atoms with E-state index in [2.05, 4.69) is 19.1 Å². The summed E-state index contributed by atoms with van der Waals surface area (Å²) in [5, 5.41) is 0.311. The predicted octanol–water partition coefficient (Wildman–Crippen LogP) is 2.58. The zero-order valence-corrected chi connectivity index (χ0v) is 5.86. The van der Waals surface area contributed by atoms with Crippen molar-refractivity contribution in [3.8, 4) is 0 Å². The first-order valence-corrected chi connectivity index (χ1v) is 3.55. The first-order valence-electron chi connectivity index (χ1n) is 3.11. The summed E-state index contributed by atoms with van der Waals surface area (Å²) < 4.78 is 0. The smallest absolute Gasteiger partial charge is 0.0516 e. The molecule has 0 nitrogen and oxygen atoms in total. The molecule has 0 aliphatic heterocycles. The molecule has 0 aromatic heterocycles. The van der Waals surface area contributed by atoms with Crippen LogP contribution in [0, 0.1) is 5.92 Å². The SMILES string of the molecule is CC1C=C[C@H](Cl)CC1. The molecule has 1 aliphatic carbocycles. The van der Waals surface area contributed by atoms with Crippen LogP contribution in [0.5, 0.6) is 0 Å². The lowest BCUT2D eigenvalue weighted by Crippen LogP contribution is -2.04. The molecule has 0 spiro atoms. The highest BCUT2D eigenvalue weighted by Crippen LogP contribution is 2.19. The number of halogens is 1. The molecular weight excluding hydrogens is 120 g/mol. The normalized spacial score (nSPS) is 37.8. The third kappa shape index (κ3) is 1.52. The number of hydrogen-bond acceptors (Lipinski definition) is 0. The minimum atomic E-state index is 0.311. The van der Waals surface area contributed by atoms with E-state index in [1.807, 2.05) is 0 Å². The van der Waals surface area contributed by atoms with E-state index in [-0.39, 0.29) is 0 Å². The van der Waals surface area contributed by atoms with Gasteiger partial charge in [0, 0.05) is 0 Å². The van der Waals surface area contributed by atoms with Crippen LogP contribution in [0.1, 0.15) is 19.8 Å². The molecule has 0 amide bonds. The summed E-state index contributed by atoms with van der Waals surface area (Å²) in [4.78, 5) is 0. The second kappa shape index (κ2) is 2.54. The van der Waals surface area contributed by atoms with Crippen LogP contribution in [0.25, 0.3) is 0 Å². The molecule has 1 heteroatoms. The maximum Gasteiger partial charge on any atom is 0.0516 e. The minimum Gasteiger partial charge on any atom is -0.118 e. The Kier molecular flexibility index (Phi) is 1.95. The summed E-state index contributed by atoms with van der Waals surface area (Å²) >= 11 is 5.80. The van der Waals surface area contributed by atoms with Crippen LogP contribution >= 0.6 is 11.6 Å². The zero-order valence-electron chi connectivity index (χ0n) is 5.10. The third-order valence-corrected chi connectivity index (χ3v) is 1.91. The molecule has 1 rings (SSSR count). The summed E-state index contributed by atoms with van der Waals surface area (Å²) in [6, 6.07) is 0. The van der Waals surface area contributed by atoms with Gasteiger partial charge in [-0.3, -0.25) is 0 Å². The molecule has 0 saturated carbocycles. The largest absolute Gasteiger partial charge is 0.118 e. The van der Waals surface area contributed by atoms with Gasteiger partial charge < -0.3 is 0 Å². The predicted molar refractivity (Wildman–Crippen MR) is 37.2 cm³/mol. The molecule has 1 aliphatic rings. The van der Waals surface area contributed by atoms with Gasteiger partial charge in [0.25, 0.3) is 0 Å². The lowest BCUT2D eigenvalue weighted by Gasteiger charge is -2.13. The Morgan fingerprint density at radius 2 is 2.12 bits per heavy atom. The van der Waals surface area contributed by atoms with E-state index in [1.54, 1.807) is 0 Å². The average molecular weight is 131 g/mol. The molecular formula is C7H11Cl. The monoisotopic (exact) mass is 130 g/mol. The minimum absolute atomic E-state index is 0.311. The van der Waals surface area contributed by atoms with Gasteiger partial charge in [0.1, 0.15) is 0 Å². The van der Waals surface area contributed by atoms with Crippen molar-refractivity contribution in [1.29, 1.82) is 0 Å². The first-order chi connectivity index (χ1) is 3.79. The van der Waals surface area contributed by atoms with Crippen molar-refractivity contribution in [3.05, 3.63) is 12.2 Å². The Labute approximate surface area is 55.5 Å². The van der Waals surface area contributed by atoms with E-state index in [9.17, 15) is 0 Å². The molecule has 2 atom stereocenters. The van der Waals surface area contributed by atoms with Crippen LogP contribution in [0.4, 0.5) is 0 Å². The molecule has 0 saturated heterocycles. The Balaban J connectivity index is 2.42. The van der Waals surface area contributed by atoms with Gasteiger partial charge in [0.2, 0.25) is 0 Å². The molecule has 46 valence electrons. The molecule has 0 aromatic carbocycles. The number of alkyl halides is 1. The fourth-order valence-corrected chi connectivity index (χ4v) is 1.13. The maximum atomic E-state index is 5.80. The van der Waals surface area contributed by atoms with E-state index in [1.165, 1.54) is 6.42 Å². The van der Waals surface area contributed by atoms with Crippen molar-refractivity contribution < 1.29 is 0 Å². The zero-order chi connectivity index (χ0) is 5.98. The Hall–Kier alpha value is 0.0300. The molecule has 0 radical (unpaired) electrons. The second-order valence-electron chi connectivity index (χ2n) is 2.46. The van der Waals surface area contributed by atoms with Crippen molar-refractivity contribution in [2.75, 3.05) is 0 Å². The van der Waals surface area contributed by atoms with Crippen LogP contribution in [-0.4, -0.2) is 5.38 Å². The quantitative estimate of drug-likeness (QED) is 0.349. The van der Waals surface area contributed by atoms with Gasteiger partial charge in [-0.2, -0.15) is 0 Å². The summed E-state index contributed by atoms with van der Waals surface area (Å²) in [6.07, 6.45) is 6.70. The van der Waals surface area contributed by atoms with Gasteiger partial charge in [0.15, 0.2) is 0 Å². The van der Waals surface area contributed by atoms with Crippen molar-refractivity contribution >= 4 is 11.6 Å². The number of rotatable bonds is 0. The lowest BCUT2D eigenvalue weighted by molar-refractivity contribution is 0.588. The molecule has 0 N–H and O–H groups in total. The standard InChI is InChI=1S/C7H11Cl/c1-6-2-4-7(8)5-3-6/h2,4,6-7H,3,5H2,1H3/t6?,7-/m0/s1. The van der Waals surface area contributed by atoms with Gasteiger partial charge in [-0.15, -0.1) is 11.6 Å². The van der Waals surface area contributed by atoms with Crippen LogP contribution in [0.15, 0.2) is 12.2 Å². The molecule has 0 aromatic rings. The van der Waals surface area contributed by atoms with Crippen LogP contribution in [0.2, 0.25) is 0 Å². The third-order valence-electron chi connectivity index (χ3n) is 1.55. The Morgan fingerprint density at radius 3 is 2.50 bits per heavy atom. The fourth-order valence-electron chi connectivity index (χ4n) is 0.925. The average Bonchev–Trinajstić information content (AvgIpc) is 1.77. The van der Waals surface area contributed by atoms with Gasteiger partial charge in [0.05, 0.1) is 5.38 Å². The van der Waals surface area contributed by atoms with Gasteiger partial charge >= 0.3 is 0 Å². The van der Waals surface area contributed by atoms with Crippen molar-refractivity contribution in [2.45, 2.75) is 25.1 Å². The van der Waals surface area contributed by atoms with E-state index in [4.69, 9.17) is 11.6 Å². The highest BCUT2D eigenvalue weighted by Gasteiger charge is 2.08. The molecule has 0 fully saturated rings. The van der Waals surface area contributed by atoms with Gasteiger partial charge in [-0.1, -0.05) is 19.1 Å². The van der Waals surface area contributed by atoms with Crippen LogP contribution < -0.4 is 0 Å². The van der Waals surface area contributed by atoms with Crippen LogP contribution in [-0.2, 0) is 0 Å². The van der Waals surface area contributed by atoms with E-state index < -0.39 is 0 Å². The summed E-state index contributed by atoms with van der Waals surface area (Å²) in [5.41, 5.74) is 0. The van der Waals surface area contributed by atoms with Crippen molar-refractivity contribution in [1.82, 2.24) is 0 Å². The second-order valence-corrected chi connectivity index (χ2v) is 3.02. The molecule has 8 heavy (non-hydrogen) atoms.